The maximum Gasteiger partial charge on any atom is 0.309 e. The maximum absolute atomic E-state index is 13.1. The predicted molar refractivity (Wildman–Crippen MR) is 213 cm³/mol. The van der Waals surface area contributed by atoms with Gasteiger partial charge in [0.15, 0.2) is 0 Å². The normalized spacial score (nSPS) is 17.5. The number of hydrogen-bond acceptors (Lipinski definition) is 3. The zero-order valence-corrected chi connectivity index (χ0v) is 32.9. The first-order chi connectivity index (χ1) is 23.6. The summed E-state index contributed by atoms with van der Waals surface area (Å²) < 4.78 is 6.23. The number of ether oxygens (including phenoxy) is 1. The third-order valence-electron chi connectivity index (χ3n) is 10.5. The van der Waals surface area contributed by atoms with Crippen LogP contribution < -0.4 is 0 Å². The van der Waals surface area contributed by atoms with Crippen molar-refractivity contribution in [2.75, 3.05) is 14.1 Å². The van der Waals surface area contributed by atoms with Crippen LogP contribution in [0.25, 0.3) is 0 Å². The number of allylic oxidation sites excluding steroid dienone is 6. The Morgan fingerprint density at radius 2 is 0.958 bits per heavy atom. The third kappa shape index (κ3) is 27.5. The predicted octanol–water partition coefficient (Wildman–Crippen LogP) is 14.3. The summed E-state index contributed by atoms with van der Waals surface area (Å²) in [6.07, 6.45) is 53.5. The molecule has 3 nitrogen and oxygen atoms in total. The van der Waals surface area contributed by atoms with Gasteiger partial charge in [-0.2, -0.15) is 0 Å². The van der Waals surface area contributed by atoms with Gasteiger partial charge in [-0.15, -0.1) is 0 Å². The summed E-state index contributed by atoms with van der Waals surface area (Å²) in [5, 5.41) is 0. The van der Waals surface area contributed by atoms with Gasteiger partial charge in [0.2, 0.25) is 0 Å². The average molecular weight is 670 g/mol. The number of hydrogen-bond donors (Lipinski definition) is 0. The topological polar surface area (TPSA) is 29.5 Å². The van der Waals surface area contributed by atoms with E-state index in [1.54, 1.807) is 0 Å². The summed E-state index contributed by atoms with van der Waals surface area (Å²) in [5.41, 5.74) is 0. The zero-order valence-electron chi connectivity index (χ0n) is 32.9. The van der Waals surface area contributed by atoms with Crippen LogP contribution in [0.4, 0.5) is 0 Å². The molecule has 280 valence electrons. The van der Waals surface area contributed by atoms with E-state index < -0.39 is 0 Å². The quantitative estimate of drug-likeness (QED) is 0.0388. The van der Waals surface area contributed by atoms with Crippen LogP contribution in [-0.4, -0.2) is 37.1 Å². The first kappa shape index (κ1) is 44.7. The number of rotatable bonds is 34. The second-order valence-corrected chi connectivity index (χ2v) is 15.3. The minimum atomic E-state index is 0.0916. The molecule has 0 spiro atoms. The first-order valence-electron chi connectivity index (χ1n) is 21.4. The highest BCUT2D eigenvalue weighted by atomic mass is 16.5. The second kappa shape index (κ2) is 34.1. The van der Waals surface area contributed by atoms with Crippen LogP contribution in [0.1, 0.15) is 213 Å². The monoisotopic (exact) mass is 670 g/mol. The Morgan fingerprint density at radius 1 is 0.562 bits per heavy atom. The Labute approximate surface area is 301 Å². The van der Waals surface area contributed by atoms with Gasteiger partial charge in [0.25, 0.3) is 0 Å². The molecule has 1 rings (SSSR count). The van der Waals surface area contributed by atoms with E-state index in [2.05, 4.69) is 69.3 Å². The van der Waals surface area contributed by atoms with Crippen molar-refractivity contribution in [1.29, 1.82) is 0 Å². The summed E-state index contributed by atoms with van der Waals surface area (Å²) >= 11 is 0. The fourth-order valence-electron chi connectivity index (χ4n) is 7.14. The van der Waals surface area contributed by atoms with E-state index in [1.807, 2.05) is 0 Å². The van der Waals surface area contributed by atoms with Gasteiger partial charge in [-0.3, -0.25) is 4.79 Å². The molecule has 0 aliphatic heterocycles. The lowest BCUT2D eigenvalue weighted by Gasteiger charge is -2.21. The molecule has 1 saturated carbocycles. The number of esters is 1. The molecule has 0 radical (unpaired) electrons. The molecule has 0 aromatic heterocycles. The standard InChI is InChI=1S/C45H83NO2/c1-5-7-9-11-13-15-17-19-21-23-25-27-29-31-33-35-37-44(48-45(47)42-39-40-43(41-42)46(3)4)38-36-34-32-30-28-26-24-22-20-18-16-14-12-10-8-6-2/h13,15,19-22,42-44H,5-12,14,16-18,23-41H2,1-4H3/b15-13-,21-19-,22-20-. The molecular formula is C45H83NO2. The summed E-state index contributed by atoms with van der Waals surface area (Å²) in [6.45, 7) is 4.55. The average Bonchev–Trinajstić information content (AvgIpc) is 3.59. The van der Waals surface area contributed by atoms with E-state index in [9.17, 15) is 4.79 Å². The zero-order chi connectivity index (χ0) is 34.8. The van der Waals surface area contributed by atoms with Crippen molar-refractivity contribution in [2.24, 2.45) is 5.92 Å². The number of unbranched alkanes of at least 4 members (excludes halogenated alkanes) is 21. The Kier molecular flexibility index (Phi) is 31.7. The minimum Gasteiger partial charge on any atom is -0.462 e. The molecule has 1 fully saturated rings. The Morgan fingerprint density at radius 3 is 1.42 bits per heavy atom. The molecule has 48 heavy (non-hydrogen) atoms. The van der Waals surface area contributed by atoms with Crippen molar-refractivity contribution in [1.82, 2.24) is 4.90 Å². The van der Waals surface area contributed by atoms with Crippen LogP contribution in [0, 0.1) is 5.92 Å². The molecule has 3 atom stereocenters. The lowest BCUT2D eigenvalue weighted by molar-refractivity contribution is -0.154. The second-order valence-electron chi connectivity index (χ2n) is 15.3. The van der Waals surface area contributed by atoms with Crippen LogP contribution in [0.5, 0.6) is 0 Å². The van der Waals surface area contributed by atoms with E-state index >= 15 is 0 Å². The first-order valence-corrected chi connectivity index (χ1v) is 21.4. The summed E-state index contributed by atoms with van der Waals surface area (Å²) in [4.78, 5) is 15.4. The number of carbonyl (C=O) groups excluding carboxylic acids is 1. The molecule has 1 aliphatic carbocycles. The van der Waals surface area contributed by atoms with Crippen LogP contribution in [0.15, 0.2) is 36.5 Å². The molecule has 0 heterocycles. The van der Waals surface area contributed by atoms with Crippen molar-refractivity contribution < 1.29 is 9.53 Å². The van der Waals surface area contributed by atoms with Gasteiger partial charge in [0, 0.05) is 6.04 Å². The van der Waals surface area contributed by atoms with E-state index in [1.165, 1.54) is 161 Å². The summed E-state index contributed by atoms with van der Waals surface area (Å²) in [6, 6.07) is 0.532. The molecular weight excluding hydrogens is 587 g/mol. The smallest absolute Gasteiger partial charge is 0.309 e. The molecule has 3 heteroatoms. The van der Waals surface area contributed by atoms with Gasteiger partial charge in [-0.1, -0.05) is 147 Å². The molecule has 0 N–H and O–H groups in total. The lowest BCUT2D eigenvalue weighted by Crippen LogP contribution is -2.27. The molecule has 1 aliphatic rings. The fraction of sp³-hybridized carbons (Fsp3) is 0.844. The number of nitrogens with zero attached hydrogens (tertiary/aromatic N) is 1. The SMILES string of the molecule is CCCCC/C=C\C/C=C\CCCCCCCCC(CCCCCCCC/C=C\CCCCCCCC)OC(=O)C1CCC(N(C)C)C1. The fourth-order valence-corrected chi connectivity index (χ4v) is 7.14. The van der Waals surface area contributed by atoms with E-state index in [4.69, 9.17) is 4.74 Å². The van der Waals surface area contributed by atoms with Crippen molar-refractivity contribution >= 4 is 5.97 Å². The van der Waals surface area contributed by atoms with E-state index in [0.717, 1.165) is 38.5 Å². The summed E-state index contributed by atoms with van der Waals surface area (Å²) in [5.74, 6) is 0.199. The van der Waals surface area contributed by atoms with Crippen molar-refractivity contribution in [3.8, 4) is 0 Å². The Hall–Kier alpha value is -1.35. The summed E-state index contributed by atoms with van der Waals surface area (Å²) in [7, 11) is 4.28. The van der Waals surface area contributed by atoms with Crippen molar-refractivity contribution in [3.63, 3.8) is 0 Å². The lowest BCUT2D eigenvalue weighted by atomic mass is 10.0. The van der Waals surface area contributed by atoms with Crippen LogP contribution in [0.2, 0.25) is 0 Å². The number of carbonyl (C=O) groups is 1. The van der Waals surface area contributed by atoms with Crippen LogP contribution in [-0.2, 0) is 9.53 Å². The van der Waals surface area contributed by atoms with Crippen LogP contribution >= 0.6 is 0 Å². The van der Waals surface area contributed by atoms with E-state index in [-0.39, 0.29) is 18.0 Å². The van der Waals surface area contributed by atoms with Gasteiger partial charge < -0.3 is 9.64 Å². The molecule has 0 saturated heterocycles. The largest absolute Gasteiger partial charge is 0.462 e. The molecule has 3 unspecified atom stereocenters. The maximum atomic E-state index is 13.1. The molecule has 0 bridgehead atoms. The molecule has 0 aromatic rings. The highest BCUT2D eigenvalue weighted by molar-refractivity contribution is 5.73. The van der Waals surface area contributed by atoms with Crippen molar-refractivity contribution in [3.05, 3.63) is 36.5 Å². The van der Waals surface area contributed by atoms with Crippen molar-refractivity contribution in [2.45, 2.75) is 225 Å². The highest BCUT2D eigenvalue weighted by Crippen LogP contribution is 2.30. The molecule has 0 aromatic carbocycles. The molecule has 0 amide bonds. The van der Waals surface area contributed by atoms with Gasteiger partial charge >= 0.3 is 5.97 Å². The Balaban J connectivity index is 2.19. The van der Waals surface area contributed by atoms with Gasteiger partial charge in [-0.05, 0) is 117 Å². The third-order valence-corrected chi connectivity index (χ3v) is 10.5. The highest BCUT2D eigenvalue weighted by Gasteiger charge is 2.33. The van der Waals surface area contributed by atoms with Gasteiger partial charge in [-0.25, -0.2) is 0 Å². The van der Waals surface area contributed by atoms with Gasteiger partial charge in [0.1, 0.15) is 6.10 Å². The minimum absolute atomic E-state index is 0.0916. The van der Waals surface area contributed by atoms with Crippen LogP contribution in [0.3, 0.4) is 0 Å². The van der Waals surface area contributed by atoms with Gasteiger partial charge in [0.05, 0.1) is 5.92 Å². The van der Waals surface area contributed by atoms with E-state index in [0.29, 0.717) is 6.04 Å². The Bertz CT molecular complexity index is 784.